The average molecular weight is 337 g/mol. The highest BCUT2D eigenvalue weighted by Crippen LogP contribution is 2.29. The van der Waals surface area contributed by atoms with Gasteiger partial charge in [0, 0.05) is 11.1 Å². The standard InChI is InChI=1S/C13H9Cl2F3N2O/c1-2-9-10(14)19-12(20-11(9)15)7-4-3-5-8(6-7)21-13(16,17)18/h3-6H,2H2,1H3. The number of benzene rings is 1. The summed E-state index contributed by atoms with van der Waals surface area (Å²) >= 11 is 12.0. The first kappa shape index (κ1) is 15.9. The molecule has 1 aromatic heterocycles. The Morgan fingerprint density at radius 2 is 1.76 bits per heavy atom. The van der Waals surface area contributed by atoms with Crippen LogP contribution in [0.15, 0.2) is 24.3 Å². The summed E-state index contributed by atoms with van der Waals surface area (Å²) in [5.74, 6) is -0.231. The van der Waals surface area contributed by atoms with Gasteiger partial charge < -0.3 is 4.74 Å². The first-order valence-corrected chi connectivity index (χ1v) is 6.64. The molecule has 0 saturated carbocycles. The number of aromatic nitrogens is 2. The summed E-state index contributed by atoms with van der Waals surface area (Å²) in [6, 6.07) is 5.29. The Labute approximate surface area is 128 Å². The molecule has 0 aliphatic heterocycles. The van der Waals surface area contributed by atoms with Crippen molar-refractivity contribution in [3.8, 4) is 17.1 Å². The van der Waals surface area contributed by atoms with Gasteiger partial charge in [-0.25, -0.2) is 9.97 Å². The Morgan fingerprint density at radius 3 is 2.29 bits per heavy atom. The quantitative estimate of drug-likeness (QED) is 0.747. The minimum absolute atomic E-state index is 0.134. The molecule has 112 valence electrons. The molecule has 1 aromatic carbocycles. The third kappa shape index (κ3) is 3.98. The van der Waals surface area contributed by atoms with E-state index >= 15 is 0 Å². The first-order valence-electron chi connectivity index (χ1n) is 5.88. The van der Waals surface area contributed by atoms with E-state index in [-0.39, 0.29) is 21.9 Å². The lowest BCUT2D eigenvalue weighted by Gasteiger charge is -2.10. The fraction of sp³-hybridized carbons (Fsp3) is 0.231. The maximum atomic E-state index is 12.2. The molecule has 0 spiro atoms. The van der Waals surface area contributed by atoms with Gasteiger partial charge in [-0.05, 0) is 18.6 Å². The van der Waals surface area contributed by atoms with E-state index < -0.39 is 6.36 Å². The highest BCUT2D eigenvalue weighted by molar-refractivity contribution is 6.34. The van der Waals surface area contributed by atoms with Crippen LogP contribution in [-0.2, 0) is 6.42 Å². The molecule has 0 amide bonds. The van der Waals surface area contributed by atoms with E-state index in [1.165, 1.54) is 24.3 Å². The normalized spacial score (nSPS) is 11.5. The summed E-state index contributed by atoms with van der Waals surface area (Å²) < 4.78 is 40.5. The SMILES string of the molecule is CCc1c(Cl)nc(-c2cccc(OC(F)(F)F)c2)nc1Cl. The minimum Gasteiger partial charge on any atom is -0.406 e. The molecular formula is C13H9Cl2F3N2O. The summed E-state index contributed by atoms with van der Waals surface area (Å²) in [4.78, 5) is 8.09. The van der Waals surface area contributed by atoms with Crippen molar-refractivity contribution < 1.29 is 17.9 Å². The van der Waals surface area contributed by atoms with Crippen LogP contribution in [0.4, 0.5) is 13.2 Å². The molecule has 21 heavy (non-hydrogen) atoms. The molecule has 0 N–H and O–H groups in total. The fourth-order valence-corrected chi connectivity index (χ4v) is 2.34. The number of ether oxygens (including phenoxy) is 1. The largest absolute Gasteiger partial charge is 0.573 e. The topological polar surface area (TPSA) is 35.0 Å². The smallest absolute Gasteiger partial charge is 0.406 e. The predicted molar refractivity (Wildman–Crippen MR) is 73.5 cm³/mol. The first-order chi connectivity index (χ1) is 9.80. The maximum Gasteiger partial charge on any atom is 0.573 e. The van der Waals surface area contributed by atoms with Crippen molar-refractivity contribution >= 4 is 23.2 Å². The van der Waals surface area contributed by atoms with Crippen LogP contribution < -0.4 is 4.74 Å². The lowest BCUT2D eigenvalue weighted by molar-refractivity contribution is -0.274. The van der Waals surface area contributed by atoms with Crippen molar-refractivity contribution in [2.45, 2.75) is 19.7 Å². The summed E-state index contributed by atoms with van der Waals surface area (Å²) in [6.45, 7) is 1.84. The van der Waals surface area contributed by atoms with E-state index in [4.69, 9.17) is 23.2 Å². The van der Waals surface area contributed by atoms with E-state index in [9.17, 15) is 13.2 Å². The average Bonchev–Trinajstić information content (AvgIpc) is 2.36. The van der Waals surface area contributed by atoms with Crippen LogP contribution in [0.2, 0.25) is 10.3 Å². The minimum atomic E-state index is -4.76. The van der Waals surface area contributed by atoms with E-state index in [0.717, 1.165) is 0 Å². The zero-order chi connectivity index (χ0) is 15.6. The highest BCUT2D eigenvalue weighted by atomic mass is 35.5. The van der Waals surface area contributed by atoms with E-state index in [1.807, 2.05) is 6.92 Å². The van der Waals surface area contributed by atoms with Crippen molar-refractivity contribution in [1.29, 1.82) is 0 Å². The summed E-state index contributed by atoms with van der Waals surface area (Å²) in [6.07, 6.45) is -4.21. The van der Waals surface area contributed by atoms with E-state index in [1.54, 1.807) is 0 Å². The Hall–Kier alpha value is -1.53. The van der Waals surface area contributed by atoms with E-state index in [0.29, 0.717) is 17.5 Å². The van der Waals surface area contributed by atoms with Crippen LogP contribution in [0.25, 0.3) is 11.4 Å². The highest BCUT2D eigenvalue weighted by Gasteiger charge is 2.31. The van der Waals surface area contributed by atoms with Crippen molar-refractivity contribution in [3.05, 3.63) is 40.1 Å². The van der Waals surface area contributed by atoms with Crippen LogP contribution in [-0.4, -0.2) is 16.3 Å². The lowest BCUT2D eigenvalue weighted by Crippen LogP contribution is -2.17. The molecule has 2 aromatic rings. The Bertz CT molecular complexity index is 639. The van der Waals surface area contributed by atoms with Gasteiger partial charge >= 0.3 is 6.36 Å². The predicted octanol–water partition coefficient (Wildman–Crippen LogP) is 4.91. The zero-order valence-electron chi connectivity index (χ0n) is 10.7. The summed E-state index contributed by atoms with van der Waals surface area (Å²) in [5, 5.41) is 0.351. The van der Waals surface area contributed by atoms with Gasteiger partial charge in [-0.1, -0.05) is 42.3 Å². The lowest BCUT2D eigenvalue weighted by atomic mass is 10.2. The number of halogens is 5. The van der Waals surface area contributed by atoms with Gasteiger partial charge in [0.1, 0.15) is 16.1 Å². The van der Waals surface area contributed by atoms with E-state index in [2.05, 4.69) is 14.7 Å². The van der Waals surface area contributed by atoms with Crippen LogP contribution in [0, 0.1) is 0 Å². The molecule has 8 heteroatoms. The molecule has 0 radical (unpaired) electrons. The third-order valence-corrected chi connectivity index (χ3v) is 3.21. The van der Waals surface area contributed by atoms with Crippen molar-refractivity contribution in [2.24, 2.45) is 0 Å². The van der Waals surface area contributed by atoms with Gasteiger partial charge in [0.25, 0.3) is 0 Å². The Kier molecular flexibility index (Phi) is 4.58. The second kappa shape index (κ2) is 6.07. The van der Waals surface area contributed by atoms with Crippen LogP contribution in [0.3, 0.4) is 0 Å². The molecule has 1 heterocycles. The third-order valence-electron chi connectivity index (χ3n) is 2.59. The number of rotatable bonds is 3. The van der Waals surface area contributed by atoms with Gasteiger partial charge in [0.2, 0.25) is 0 Å². The number of nitrogens with zero attached hydrogens (tertiary/aromatic N) is 2. The molecule has 2 rings (SSSR count). The van der Waals surface area contributed by atoms with Gasteiger partial charge in [-0.3, -0.25) is 0 Å². The monoisotopic (exact) mass is 336 g/mol. The molecule has 0 aliphatic rings. The van der Waals surface area contributed by atoms with Gasteiger partial charge in [-0.15, -0.1) is 13.2 Å². The van der Waals surface area contributed by atoms with Crippen LogP contribution in [0.5, 0.6) is 5.75 Å². The maximum absolute atomic E-state index is 12.2. The molecule has 0 aliphatic carbocycles. The Balaban J connectivity index is 2.41. The van der Waals surface area contributed by atoms with Crippen LogP contribution >= 0.6 is 23.2 Å². The summed E-state index contributed by atoms with van der Waals surface area (Å²) in [7, 11) is 0. The van der Waals surface area contributed by atoms with Gasteiger partial charge in [-0.2, -0.15) is 0 Å². The molecule has 0 saturated heterocycles. The van der Waals surface area contributed by atoms with Crippen molar-refractivity contribution in [2.75, 3.05) is 0 Å². The van der Waals surface area contributed by atoms with Crippen LogP contribution in [0.1, 0.15) is 12.5 Å². The summed E-state index contributed by atoms with van der Waals surface area (Å²) in [5.41, 5.74) is 0.910. The number of hydrogen-bond donors (Lipinski definition) is 0. The zero-order valence-corrected chi connectivity index (χ0v) is 12.2. The number of hydrogen-bond acceptors (Lipinski definition) is 3. The van der Waals surface area contributed by atoms with Gasteiger partial charge in [0.05, 0.1) is 0 Å². The Morgan fingerprint density at radius 1 is 1.14 bits per heavy atom. The van der Waals surface area contributed by atoms with Crippen molar-refractivity contribution in [1.82, 2.24) is 9.97 Å². The molecular weight excluding hydrogens is 328 g/mol. The molecule has 0 unspecified atom stereocenters. The molecule has 0 fully saturated rings. The fourth-order valence-electron chi connectivity index (χ4n) is 1.68. The second-order valence-corrected chi connectivity index (χ2v) is 4.75. The second-order valence-electron chi connectivity index (χ2n) is 4.04. The van der Waals surface area contributed by atoms with Crippen molar-refractivity contribution in [3.63, 3.8) is 0 Å². The molecule has 0 bridgehead atoms. The molecule has 0 atom stereocenters. The van der Waals surface area contributed by atoms with Gasteiger partial charge in [0.15, 0.2) is 5.82 Å². The number of alkyl halides is 3. The molecule has 3 nitrogen and oxygen atoms in total.